The molecule has 10 nitrogen and oxygen atoms in total. The van der Waals surface area contributed by atoms with Gasteiger partial charge in [0.25, 0.3) is 5.91 Å². The van der Waals surface area contributed by atoms with Crippen LogP contribution in [-0.4, -0.2) is 50.7 Å². The molecule has 0 spiro atoms. The van der Waals surface area contributed by atoms with Crippen LogP contribution in [0.3, 0.4) is 0 Å². The van der Waals surface area contributed by atoms with Crippen molar-refractivity contribution < 1.29 is 23.9 Å². The zero-order valence-corrected chi connectivity index (χ0v) is 23.8. The predicted molar refractivity (Wildman–Crippen MR) is 147 cm³/mol. The molecular formula is C26H31N5O5S2. The molecule has 12 heteroatoms. The molecule has 3 rings (SSSR count). The molecule has 1 atom stereocenters. The first-order valence-corrected chi connectivity index (χ1v) is 13.8. The van der Waals surface area contributed by atoms with E-state index in [4.69, 9.17) is 4.74 Å². The number of Topliss-reactive ketones (excluding diaryl/α,β-unsaturated/α-hetero) is 1. The highest BCUT2D eigenvalue weighted by Gasteiger charge is 2.27. The average Bonchev–Trinajstić information content (AvgIpc) is 3.40. The number of thiophene rings is 1. The standard InChI is InChI=1S/C26H31N5O5S2/c1-7-36-25(35)19-15(4)21(16(5)32)38-24(19)27-18(33)13-37-26-30-29-22(31(26)6)20(14(2)3)28-23(34)17-11-9-8-10-12-17/h8-12,14,20H,7,13H2,1-6H3,(H,27,33)(H,28,34)/t20-/m0/s1. The molecule has 0 fully saturated rings. The van der Waals surface area contributed by atoms with Gasteiger partial charge in [-0.3, -0.25) is 14.4 Å². The molecule has 2 amide bonds. The Morgan fingerprint density at radius 1 is 1.13 bits per heavy atom. The number of carbonyl (C=O) groups excluding carboxylic acids is 4. The lowest BCUT2D eigenvalue weighted by atomic mass is 10.0. The van der Waals surface area contributed by atoms with Crippen molar-refractivity contribution in [3.63, 3.8) is 0 Å². The number of aromatic nitrogens is 3. The molecule has 2 N–H and O–H groups in total. The van der Waals surface area contributed by atoms with Crippen LogP contribution < -0.4 is 10.6 Å². The first-order chi connectivity index (χ1) is 18.0. The smallest absolute Gasteiger partial charge is 0.341 e. The van der Waals surface area contributed by atoms with E-state index in [2.05, 4.69) is 20.8 Å². The van der Waals surface area contributed by atoms with Gasteiger partial charge in [-0.1, -0.05) is 43.8 Å². The van der Waals surface area contributed by atoms with E-state index >= 15 is 0 Å². The number of benzene rings is 1. The van der Waals surface area contributed by atoms with Crippen LogP contribution in [0.1, 0.15) is 75.5 Å². The van der Waals surface area contributed by atoms with Crippen LogP contribution in [0.5, 0.6) is 0 Å². The van der Waals surface area contributed by atoms with Crippen LogP contribution in [0, 0.1) is 12.8 Å². The maximum atomic E-state index is 12.8. The fourth-order valence-electron chi connectivity index (χ4n) is 3.75. The van der Waals surface area contributed by atoms with Gasteiger partial charge < -0.3 is 19.9 Å². The third kappa shape index (κ3) is 6.67. The van der Waals surface area contributed by atoms with Crippen LogP contribution in [-0.2, 0) is 16.6 Å². The number of nitrogens with one attached hydrogen (secondary N) is 2. The second kappa shape index (κ2) is 12.8. The molecule has 2 heterocycles. The highest BCUT2D eigenvalue weighted by molar-refractivity contribution is 7.99. The summed E-state index contributed by atoms with van der Waals surface area (Å²) < 4.78 is 6.87. The highest BCUT2D eigenvalue weighted by Crippen LogP contribution is 2.34. The zero-order chi connectivity index (χ0) is 28.0. The van der Waals surface area contributed by atoms with Crippen molar-refractivity contribution in [1.82, 2.24) is 20.1 Å². The van der Waals surface area contributed by atoms with Crippen molar-refractivity contribution >= 4 is 51.7 Å². The summed E-state index contributed by atoms with van der Waals surface area (Å²) in [7, 11) is 1.78. The summed E-state index contributed by atoms with van der Waals surface area (Å²) in [4.78, 5) is 50.4. The first-order valence-electron chi connectivity index (χ1n) is 12.0. The van der Waals surface area contributed by atoms with E-state index in [0.29, 0.717) is 27.0 Å². The Kier molecular flexibility index (Phi) is 9.81. The molecule has 0 unspecified atom stereocenters. The number of rotatable bonds is 11. The van der Waals surface area contributed by atoms with Crippen molar-refractivity contribution in [3.05, 3.63) is 57.7 Å². The van der Waals surface area contributed by atoms with Gasteiger partial charge in [0.05, 0.1) is 28.8 Å². The van der Waals surface area contributed by atoms with E-state index < -0.39 is 12.0 Å². The zero-order valence-electron chi connectivity index (χ0n) is 22.2. The summed E-state index contributed by atoms with van der Waals surface area (Å²) in [6, 6.07) is 8.54. The fraction of sp³-hybridized carbons (Fsp3) is 0.385. The number of hydrogen-bond acceptors (Lipinski definition) is 9. The lowest BCUT2D eigenvalue weighted by Gasteiger charge is -2.21. The Morgan fingerprint density at radius 3 is 2.42 bits per heavy atom. The molecule has 0 radical (unpaired) electrons. The number of hydrogen-bond donors (Lipinski definition) is 2. The Morgan fingerprint density at radius 2 is 1.82 bits per heavy atom. The van der Waals surface area contributed by atoms with Crippen LogP contribution in [0.2, 0.25) is 0 Å². The van der Waals surface area contributed by atoms with Gasteiger partial charge >= 0.3 is 5.97 Å². The number of thioether (sulfide) groups is 1. The van der Waals surface area contributed by atoms with E-state index in [1.807, 2.05) is 19.9 Å². The molecule has 0 saturated carbocycles. The number of nitrogens with zero attached hydrogens (tertiary/aromatic N) is 3. The summed E-state index contributed by atoms with van der Waals surface area (Å²) in [5.41, 5.74) is 1.22. The maximum Gasteiger partial charge on any atom is 0.341 e. The van der Waals surface area contributed by atoms with E-state index in [1.54, 1.807) is 49.7 Å². The molecule has 38 heavy (non-hydrogen) atoms. The largest absolute Gasteiger partial charge is 0.462 e. The van der Waals surface area contributed by atoms with Crippen molar-refractivity contribution in [2.24, 2.45) is 13.0 Å². The number of carbonyl (C=O) groups is 4. The van der Waals surface area contributed by atoms with Crippen LogP contribution in [0.25, 0.3) is 0 Å². The Bertz CT molecular complexity index is 1330. The summed E-state index contributed by atoms with van der Waals surface area (Å²) in [5.74, 6) is -0.787. The van der Waals surface area contributed by atoms with Gasteiger partial charge in [0, 0.05) is 12.6 Å². The third-order valence-electron chi connectivity index (χ3n) is 5.67. The topological polar surface area (TPSA) is 132 Å². The quantitative estimate of drug-likeness (QED) is 0.201. The lowest BCUT2D eigenvalue weighted by Crippen LogP contribution is -2.33. The molecule has 0 saturated heterocycles. The monoisotopic (exact) mass is 557 g/mol. The summed E-state index contributed by atoms with van der Waals surface area (Å²) in [6.07, 6.45) is 0. The number of ketones is 1. The van der Waals surface area contributed by atoms with Gasteiger partial charge in [0.2, 0.25) is 5.91 Å². The maximum absolute atomic E-state index is 12.8. The second-order valence-electron chi connectivity index (χ2n) is 8.83. The molecule has 2 aromatic heterocycles. The fourth-order valence-corrected chi connectivity index (χ4v) is 5.57. The predicted octanol–water partition coefficient (Wildman–Crippen LogP) is 4.42. The van der Waals surface area contributed by atoms with Crippen molar-refractivity contribution in [2.75, 3.05) is 17.7 Å². The van der Waals surface area contributed by atoms with Gasteiger partial charge in [-0.25, -0.2) is 4.79 Å². The SMILES string of the molecule is CCOC(=O)c1c(NC(=O)CSc2nnc([C@@H](NC(=O)c3ccccc3)C(C)C)n2C)sc(C(C)=O)c1C. The lowest BCUT2D eigenvalue weighted by molar-refractivity contribution is -0.113. The van der Waals surface area contributed by atoms with Crippen LogP contribution in [0.15, 0.2) is 35.5 Å². The Labute approximate surface area is 229 Å². The molecule has 0 aliphatic rings. The number of esters is 1. The minimum absolute atomic E-state index is 0.0106. The molecule has 202 valence electrons. The van der Waals surface area contributed by atoms with Crippen molar-refractivity contribution in [3.8, 4) is 0 Å². The van der Waals surface area contributed by atoms with Gasteiger partial charge in [0.1, 0.15) is 5.00 Å². The first kappa shape index (κ1) is 29.1. The number of anilines is 1. The molecule has 0 bridgehead atoms. The molecular weight excluding hydrogens is 526 g/mol. The normalized spacial score (nSPS) is 11.8. The van der Waals surface area contributed by atoms with Crippen molar-refractivity contribution in [1.29, 1.82) is 0 Å². The van der Waals surface area contributed by atoms with Gasteiger partial charge in [0.15, 0.2) is 16.8 Å². The number of ether oxygens (including phenoxy) is 1. The van der Waals surface area contributed by atoms with E-state index in [1.165, 1.54) is 18.7 Å². The minimum atomic E-state index is -0.591. The Hall–Kier alpha value is -3.51. The van der Waals surface area contributed by atoms with Crippen molar-refractivity contribution in [2.45, 2.75) is 45.8 Å². The second-order valence-corrected chi connectivity index (χ2v) is 10.8. The Balaban J connectivity index is 1.72. The highest BCUT2D eigenvalue weighted by atomic mass is 32.2. The summed E-state index contributed by atoms with van der Waals surface area (Å²) >= 11 is 2.22. The average molecular weight is 558 g/mol. The molecule has 0 aliphatic heterocycles. The third-order valence-corrected chi connectivity index (χ3v) is 8.00. The van der Waals surface area contributed by atoms with Gasteiger partial charge in [-0.05, 0) is 44.4 Å². The van der Waals surface area contributed by atoms with E-state index in [-0.39, 0.29) is 46.4 Å². The molecule has 0 aliphatic carbocycles. The summed E-state index contributed by atoms with van der Waals surface area (Å²) in [5, 5.41) is 15.0. The summed E-state index contributed by atoms with van der Waals surface area (Å²) in [6.45, 7) is 8.88. The van der Waals surface area contributed by atoms with Crippen LogP contribution in [0.4, 0.5) is 5.00 Å². The van der Waals surface area contributed by atoms with Gasteiger partial charge in [-0.2, -0.15) is 0 Å². The molecule has 1 aromatic carbocycles. The van der Waals surface area contributed by atoms with Gasteiger partial charge in [-0.15, -0.1) is 21.5 Å². The minimum Gasteiger partial charge on any atom is -0.462 e. The van der Waals surface area contributed by atoms with Crippen LogP contribution >= 0.6 is 23.1 Å². The van der Waals surface area contributed by atoms with E-state index in [9.17, 15) is 19.2 Å². The number of amides is 2. The molecule has 3 aromatic rings. The van der Waals surface area contributed by atoms with E-state index in [0.717, 1.165) is 11.3 Å².